The van der Waals surface area contributed by atoms with Crippen molar-refractivity contribution >= 4 is 45.0 Å². The van der Waals surface area contributed by atoms with E-state index in [9.17, 15) is 17.6 Å². The molecule has 0 saturated heterocycles. The summed E-state index contributed by atoms with van der Waals surface area (Å²) >= 11 is 5.06. The van der Waals surface area contributed by atoms with E-state index in [1.54, 1.807) is 24.3 Å². The minimum absolute atomic E-state index is 0.0620. The molecule has 142 valence electrons. The molecule has 0 spiro atoms. The quantitative estimate of drug-likeness (QED) is 0.588. The zero-order valence-electron chi connectivity index (χ0n) is 14.6. The number of anilines is 1. The van der Waals surface area contributed by atoms with E-state index in [4.69, 9.17) is 12.2 Å². The summed E-state index contributed by atoms with van der Waals surface area (Å²) in [5.41, 5.74) is 1.20. The SMILES string of the molecule is CN(C)S(=O)(=O)c1ccc(NC(=S)NC(=O)C=Cc2ccc(F)cc2)cc1. The summed E-state index contributed by atoms with van der Waals surface area (Å²) in [5, 5.41) is 5.32. The highest BCUT2D eigenvalue weighted by Crippen LogP contribution is 2.16. The number of nitrogens with one attached hydrogen (secondary N) is 2. The number of thiocarbonyl (C=S) groups is 1. The Balaban J connectivity index is 1.93. The molecule has 0 radical (unpaired) electrons. The van der Waals surface area contributed by atoms with Gasteiger partial charge in [0.25, 0.3) is 0 Å². The highest BCUT2D eigenvalue weighted by atomic mass is 32.2. The van der Waals surface area contributed by atoms with Gasteiger partial charge in [0.05, 0.1) is 4.90 Å². The first-order chi connectivity index (χ1) is 12.7. The molecular weight excluding hydrogens is 389 g/mol. The van der Waals surface area contributed by atoms with Crippen LogP contribution < -0.4 is 10.6 Å². The van der Waals surface area contributed by atoms with Crippen molar-refractivity contribution in [3.05, 3.63) is 66.0 Å². The summed E-state index contributed by atoms with van der Waals surface area (Å²) in [6.45, 7) is 0. The minimum atomic E-state index is -3.51. The second kappa shape index (κ2) is 8.85. The Hall–Kier alpha value is -2.62. The topological polar surface area (TPSA) is 78.5 Å². The fourth-order valence-corrected chi connectivity index (χ4v) is 3.10. The fourth-order valence-electron chi connectivity index (χ4n) is 1.98. The van der Waals surface area contributed by atoms with Gasteiger partial charge in [0.15, 0.2) is 5.11 Å². The van der Waals surface area contributed by atoms with Crippen LogP contribution in [0.25, 0.3) is 6.08 Å². The lowest BCUT2D eigenvalue weighted by Gasteiger charge is -2.12. The molecule has 27 heavy (non-hydrogen) atoms. The van der Waals surface area contributed by atoms with Crippen molar-refractivity contribution in [2.24, 2.45) is 0 Å². The number of carbonyl (C=O) groups is 1. The maximum atomic E-state index is 12.8. The smallest absolute Gasteiger partial charge is 0.250 e. The molecule has 0 saturated carbocycles. The lowest BCUT2D eigenvalue weighted by atomic mass is 10.2. The molecule has 6 nitrogen and oxygen atoms in total. The van der Waals surface area contributed by atoms with Crippen LogP contribution in [-0.4, -0.2) is 37.8 Å². The molecule has 0 aliphatic heterocycles. The number of benzene rings is 2. The molecule has 0 fully saturated rings. The van der Waals surface area contributed by atoms with Crippen LogP contribution >= 0.6 is 12.2 Å². The van der Waals surface area contributed by atoms with Gasteiger partial charge in [-0.1, -0.05) is 12.1 Å². The van der Waals surface area contributed by atoms with Crippen LogP contribution in [0.15, 0.2) is 59.5 Å². The normalized spacial score (nSPS) is 11.6. The van der Waals surface area contributed by atoms with Crippen molar-refractivity contribution in [3.63, 3.8) is 0 Å². The van der Waals surface area contributed by atoms with Gasteiger partial charge in [0.1, 0.15) is 5.82 Å². The number of halogens is 1. The molecule has 0 aliphatic rings. The van der Waals surface area contributed by atoms with Gasteiger partial charge >= 0.3 is 0 Å². The van der Waals surface area contributed by atoms with E-state index < -0.39 is 15.9 Å². The van der Waals surface area contributed by atoms with Crippen molar-refractivity contribution in [3.8, 4) is 0 Å². The van der Waals surface area contributed by atoms with E-state index in [-0.39, 0.29) is 15.8 Å². The molecule has 0 unspecified atom stereocenters. The highest BCUT2D eigenvalue weighted by molar-refractivity contribution is 7.89. The molecule has 0 bridgehead atoms. The van der Waals surface area contributed by atoms with Crippen LogP contribution in [0.2, 0.25) is 0 Å². The number of rotatable bonds is 5. The third kappa shape index (κ3) is 5.95. The molecule has 2 aromatic rings. The molecule has 0 heterocycles. The van der Waals surface area contributed by atoms with E-state index in [0.29, 0.717) is 11.3 Å². The Morgan fingerprint density at radius 2 is 1.67 bits per heavy atom. The summed E-state index contributed by atoms with van der Waals surface area (Å²) in [5.74, 6) is -0.810. The molecule has 0 aliphatic carbocycles. The van der Waals surface area contributed by atoms with Gasteiger partial charge in [0, 0.05) is 25.9 Å². The van der Waals surface area contributed by atoms with Crippen LogP contribution in [-0.2, 0) is 14.8 Å². The number of carbonyl (C=O) groups excluding carboxylic acids is 1. The molecule has 0 aromatic heterocycles. The van der Waals surface area contributed by atoms with Crippen molar-refractivity contribution in [1.29, 1.82) is 0 Å². The molecule has 9 heteroatoms. The Morgan fingerprint density at radius 1 is 1.07 bits per heavy atom. The van der Waals surface area contributed by atoms with Crippen LogP contribution in [0.3, 0.4) is 0 Å². The van der Waals surface area contributed by atoms with Crippen molar-refractivity contribution in [1.82, 2.24) is 9.62 Å². The Kier molecular flexibility index (Phi) is 6.78. The molecule has 2 rings (SSSR count). The summed E-state index contributed by atoms with van der Waals surface area (Å²) in [4.78, 5) is 12.0. The summed E-state index contributed by atoms with van der Waals surface area (Å²) < 4.78 is 38.0. The largest absolute Gasteiger partial charge is 0.332 e. The van der Waals surface area contributed by atoms with Gasteiger partial charge in [-0.2, -0.15) is 0 Å². The van der Waals surface area contributed by atoms with Crippen LogP contribution in [0, 0.1) is 5.82 Å². The first-order valence-corrected chi connectivity index (χ1v) is 9.61. The second-order valence-electron chi connectivity index (χ2n) is 5.64. The third-order valence-electron chi connectivity index (χ3n) is 3.42. The lowest BCUT2D eigenvalue weighted by Crippen LogP contribution is -2.32. The molecule has 2 aromatic carbocycles. The van der Waals surface area contributed by atoms with Crippen molar-refractivity contribution in [2.45, 2.75) is 4.90 Å². The minimum Gasteiger partial charge on any atom is -0.332 e. The number of amides is 1. The molecule has 0 atom stereocenters. The average Bonchev–Trinajstić information content (AvgIpc) is 2.61. The number of hydrogen-bond acceptors (Lipinski definition) is 4. The lowest BCUT2D eigenvalue weighted by molar-refractivity contribution is -0.115. The fraction of sp³-hybridized carbons (Fsp3) is 0.111. The zero-order valence-corrected chi connectivity index (χ0v) is 16.3. The van der Waals surface area contributed by atoms with Crippen molar-refractivity contribution in [2.75, 3.05) is 19.4 Å². The van der Waals surface area contributed by atoms with Gasteiger partial charge in [0.2, 0.25) is 15.9 Å². The zero-order chi connectivity index (χ0) is 20.0. The summed E-state index contributed by atoms with van der Waals surface area (Å²) in [6, 6.07) is 11.6. The number of sulfonamides is 1. The summed E-state index contributed by atoms with van der Waals surface area (Å²) in [7, 11) is -0.607. The first-order valence-electron chi connectivity index (χ1n) is 7.77. The Morgan fingerprint density at radius 3 is 2.22 bits per heavy atom. The maximum Gasteiger partial charge on any atom is 0.250 e. The van der Waals surface area contributed by atoms with E-state index in [1.165, 1.54) is 50.5 Å². The molecule has 2 N–H and O–H groups in total. The van der Waals surface area contributed by atoms with Gasteiger partial charge in [-0.25, -0.2) is 17.1 Å². The Bertz CT molecular complexity index is 954. The van der Waals surface area contributed by atoms with Crippen LogP contribution in [0.4, 0.5) is 10.1 Å². The predicted octanol–water partition coefficient (Wildman–Crippen LogP) is 2.60. The maximum absolute atomic E-state index is 12.8. The second-order valence-corrected chi connectivity index (χ2v) is 8.20. The molecular formula is C18H18FN3O3S2. The average molecular weight is 407 g/mol. The number of nitrogens with zero attached hydrogens (tertiary/aromatic N) is 1. The highest BCUT2D eigenvalue weighted by Gasteiger charge is 2.16. The number of hydrogen-bond donors (Lipinski definition) is 2. The standard InChI is InChI=1S/C18H18FN3O3S2/c1-22(2)27(24,25)16-10-8-15(9-11-16)20-18(26)21-17(23)12-5-13-3-6-14(19)7-4-13/h3-12H,1-2H3,(H2,20,21,23,26). The third-order valence-corrected chi connectivity index (χ3v) is 5.46. The summed E-state index contributed by atoms with van der Waals surface area (Å²) in [6.07, 6.45) is 2.80. The van der Waals surface area contributed by atoms with Crippen LogP contribution in [0.5, 0.6) is 0 Å². The van der Waals surface area contributed by atoms with E-state index >= 15 is 0 Å². The van der Waals surface area contributed by atoms with Gasteiger partial charge in [-0.05, 0) is 60.3 Å². The monoisotopic (exact) mass is 407 g/mol. The van der Waals surface area contributed by atoms with E-state index in [1.807, 2.05) is 0 Å². The first kappa shape index (κ1) is 20.7. The van der Waals surface area contributed by atoms with E-state index in [2.05, 4.69) is 10.6 Å². The molecule has 1 amide bonds. The van der Waals surface area contributed by atoms with Crippen LogP contribution in [0.1, 0.15) is 5.56 Å². The Labute approximate surface area is 162 Å². The van der Waals surface area contributed by atoms with Gasteiger partial charge < -0.3 is 5.32 Å². The predicted molar refractivity (Wildman–Crippen MR) is 107 cm³/mol. The van der Waals surface area contributed by atoms with Crippen molar-refractivity contribution < 1.29 is 17.6 Å². The van der Waals surface area contributed by atoms with Gasteiger partial charge in [-0.15, -0.1) is 0 Å². The van der Waals surface area contributed by atoms with E-state index in [0.717, 1.165) is 4.31 Å². The van der Waals surface area contributed by atoms with Gasteiger partial charge in [-0.3, -0.25) is 10.1 Å².